The Morgan fingerprint density at radius 3 is 2.45 bits per heavy atom. The molecule has 0 heterocycles. The van der Waals surface area contributed by atoms with Gasteiger partial charge in [-0.1, -0.05) is 31.5 Å². The van der Waals surface area contributed by atoms with Crippen LogP contribution in [-0.2, 0) is 11.3 Å². The first-order chi connectivity index (χ1) is 14.7. The van der Waals surface area contributed by atoms with E-state index >= 15 is 0 Å². The molecular formula is C25H36N2O4. The van der Waals surface area contributed by atoms with Crippen LogP contribution in [0.25, 0.3) is 0 Å². The average Bonchev–Trinajstić information content (AvgIpc) is 2.75. The number of hydrogen-bond acceptors (Lipinski definition) is 6. The number of methoxy groups -OCH3 is 1. The zero-order chi connectivity index (χ0) is 22.9. The van der Waals surface area contributed by atoms with Gasteiger partial charge in [0.2, 0.25) is 0 Å². The third-order valence-electron chi connectivity index (χ3n) is 4.81. The number of nitrogens with one attached hydrogen (secondary N) is 2. The molecule has 0 saturated heterocycles. The Labute approximate surface area is 186 Å². The molecule has 0 bridgehead atoms. The molecule has 2 aromatic rings. The van der Waals surface area contributed by atoms with Gasteiger partial charge in [0.05, 0.1) is 18.9 Å². The molecule has 0 spiro atoms. The second kappa shape index (κ2) is 11.7. The van der Waals surface area contributed by atoms with Crippen molar-refractivity contribution < 1.29 is 19.4 Å². The maximum absolute atomic E-state index is 12.2. The van der Waals surface area contributed by atoms with Crippen LogP contribution in [0.15, 0.2) is 42.5 Å². The van der Waals surface area contributed by atoms with Crippen molar-refractivity contribution in [2.45, 2.75) is 65.1 Å². The standard InChI is InChI=1S/C25H36N2O4/c1-6-7-8-24(29)31-23-14-11-19(22(28)17-27-25(2,3)4)15-21(23)26-16-18-9-12-20(30-5)13-10-18/h9-15,22,26-28H,6-8,16-17H2,1-5H3. The fourth-order valence-corrected chi connectivity index (χ4v) is 2.94. The lowest BCUT2D eigenvalue weighted by atomic mass is 10.0. The van der Waals surface area contributed by atoms with Crippen LogP contribution in [0.5, 0.6) is 11.5 Å². The molecule has 0 radical (unpaired) electrons. The number of benzene rings is 2. The molecule has 0 aliphatic carbocycles. The topological polar surface area (TPSA) is 79.8 Å². The first-order valence-corrected chi connectivity index (χ1v) is 10.9. The van der Waals surface area contributed by atoms with E-state index in [2.05, 4.69) is 31.4 Å². The third kappa shape index (κ3) is 8.59. The number of unbranched alkanes of at least 4 members (excludes halogenated alkanes) is 1. The average molecular weight is 429 g/mol. The van der Waals surface area contributed by atoms with Crippen molar-refractivity contribution >= 4 is 11.7 Å². The van der Waals surface area contributed by atoms with Crippen molar-refractivity contribution in [2.24, 2.45) is 0 Å². The van der Waals surface area contributed by atoms with E-state index in [1.807, 2.05) is 37.3 Å². The van der Waals surface area contributed by atoms with Gasteiger partial charge in [-0.3, -0.25) is 4.79 Å². The molecule has 3 N–H and O–H groups in total. The van der Waals surface area contributed by atoms with E-state index in [4.69, 9.17) is 9.47 Å². The number of ether oxygens (including phenoxy) is 2. The molecule has 31 heavy (non-hydrogen) atoms. The molecule has 0 aliphatic rings. The minimum Gasteiger partial charge on any atom is -0.497 e. The lowest BCUT2D eigenvalue weighted by Gasteiger charge is -2.23. The summed E-state index contributed by atoms with van der Waals surface area (Å²) in [5.74, 6) is 1.01. The lowest BCUT2D eigenvalue weighted by molar-refractivity contribution is -0.134. The summed E-state index contributed by atoms with van der Waals surface area (Å²) in [5, 5.41) is 17.3. The number of aliphatic hydroxyl groups is 1. The van der Waals surface area contributed by atoms with Crippen LogP contribution in [-0.4, -0.2) is 30.3 Å². The largest absolute Gasteiger partial charge is 0.497 e. The quantitative estimate of drug-likeness (QED) is 0.352. The van der Waals surface area contributed by atoms with Gasteiger partial charge in [-0.15, -0.1) is 0 Å². The highest BCUT2D eigenvalue weighted by Crippen LogP contribution is 2.30. The van der Waals surface area contributed by atoms with Gasteiger partial charge >= 0.3 is 5.97 Å². The summed E-state index contributed by atoms with van der Waals surface area (Å²) in [6.45, 7) is 9.18. The smallest absolute Gasteiger partial charge is 0.311 e. The number of rotatable bonds is 11. The van der Waals surface area contributed by atoms with Crippen LogP contribution < -0.4 is 20.1 Å². The third-order valence-corrected chi connectivity index (χ3v) is 4.81. The Hall–Kier alpha value is -2.57. The highest BCUT2D eigenvalue weighted by Gasteiger charge is 2.16. The van der Waals surface area contributed by atoms with Crippen LogP contribution >= 0.6 is 0 Å². The summed E-state index contributed by atoms with van der Waals surface area (Å²) in [7, 11) is 1.64. The van der Waals surface area contributed by atoms with Gasteiger partial charge in [-0.05, 0) is 62.6 Å². The highest BCUT2D eigenvalue weighted by molar-refractivity contribution is 5.75. The minimum atomic E-state index is -0.675. The van der Waals surface area contributed by atoms with Gasteiger partial charge in [0.1, 0.15) is 5.75 Å². The molecule has 6 heteroatoms. The lowest BCUT2D eigenvalue weighted by Crippen LogP contribution is -2.38. The van der Waals surface area contributed by atoms with Gasteiger partial charge in [-0.2, -0.15) is 0 Å². The Kier molecular flexibility index (Phi) is 9.34. The zero-order valence-electron chi connectivity index (χ0n) is 19.3. The summed E-state index contributed by atoms with van der Waals surface area (Å²) in [6.07, 6.45) is 1.44. The summed E-state index contributed by atoms with van der Waals surface area (Å²) < 4.78 is 10.8. The van der Waals surface area contributed by atoms with E-state index < -0.39 is 6.10 Å². The highest BCUT2D eigenvalue weighted by atomic mass is 16.5. The summed E-state index contributed by atoms with van der Waals surface area (Å²) in [5.41, 5.74) is 2.39. The molecular weight excluding hydrogens is 392 g/mol. The fraction of sp³-hybridized carbons (Fsp3) is 0.480. The number of β-amino-alcohol motifs (C(OH)–C–C–N with tert-alkyl or cyclic N) is 1. The molecule has 6 nitrogen and oxygen atoms in total. The Balaban J connectivity index is 2.18. The van der Waals surface area contributed by atoms with Crippen molar-refractivity contribution in [3.05, 3.63) is 53.6 Å². The Bertz CT molecular complexity index is 828. The summed E-state index contributed by atoms with van der Waals surface area (Å²) in [4.78, 5) is 12.2. The van der Waals surface area contributed by atoms with Gasteiger partial charge in [-0.25, -0.2) is 0 Å². The fourth-order valence-electron chi connectivity index (χ4n) is 2.94. The van der Waals surface area contributed by atoms with Gasteiger partial charge in [0, 0.05) is 25.0 Å². The van der Waals surface area contributed by atoms with Gasteiger partial charge in [0.25, 0.3) is 0 Å². The van der Waals surface area contributed by atoms with E-state index in [1.54, 1.807) is 19.2 Å². The van der Waals surface area contributed by atoms with Crippen molar-refractivity contribution in [1.82, 2.24) is 5.32 Å². The molecule has 1 atom stereocenters. The molecule has 0 fully saturated rings. The first-order valence-electron chi connectivity index (χ1n) is 10.9. The van der Waals surface area contributed by atoms with E-state index in [0.717, 1.165) is 29.7 Å². The second-order valence-electron chi connectivity index (χ2n) is 8.68. The zero-order valence-corrected chi connectivity index (χ0v) is 19.3. The molecule has 2 rings (SSSR count). The van der Waals surface area contributed by atoms with Crippen LogP contribution in [0.2, 0.25) is 0 Å². The van der Waals surface area contributed by atoms with Crippen molar-refractivity contribution in [2.75, 3.05) is 19.0 Å². The first kappa shape index (κ1) is 24.7. The van der Waals surface area contributed by atoms with E-state index in [1.165, 1.54) is 0 Å². The van der Waals surface area contributed by atoms with Crippen LogP contribution in [0.1, 0.15) is 64.2 Å². The Morgan fingerprint density at radius 2 is 1.84 bits per heavy atom. The SMILES string of the molecule is CCCCC(=O)Oc1ccc(C(O)CNC(C)(C)C)cc1NCc1ccc(OC)cc1. The van der Waals surface area contributed by atoms with Gasteiger partial charge < -0.3 is 25.2 Å². The molecule has 0 amide bonds. The molecule has 1 unspecified atom stereocenters. The maximum Gasteiger partial charge on any atom is 0.311 e. The Morgan fingerprint density at radius 1 is 1.13 bits per heavy atom. The van der Waals surface area contributed by atoms with E-state index in [0.29, 0.717) is 30.9 Å². The monoisotopic (exact) mass is 428 g/mol. The second-order valence-corrected chi connectivity index (χ2v) is 8.68. The molecule has 170 valence electrons. The molecule has 2 aromatic carbocycles. The minimum absolute atomic E-state index is 0.0921. The molecule has 0 aliphatic heterocycles. The van der Waals surface area contributed by atoms with Crippen molar-refractivity contribution in [1.29, 1.82) is 0 Å². The van der Waals surface area contributed by atoms with E-state index in [9.17, 15) is 9.90 Å². The van der Waals surface area contributed by atoms with Crippen LogP contribution in [0.4, 0.5) is 5.69 Å². The number of esters is 1. The van der Waals surface area contributed by atoms with Crippen LogP contribution in [0.3, 0.4) is 0 Å². The van der Waals surface area contributed by atoms with Gasteiger partial charge in [0.15, 0.2) is 5.75 Å². The summed E-state index contributed by atoms with van der Waals surface area (Å²) in [6, 6.07) is 13.2. The number of carbonyl (C=O) groups is 1. The number of aliphatic hydroxyl groups excluding tert-OH is 1. The predicted molar refractivity (Wildman–Crippen MR) is 125 cm³/mol. The number of carbonyl (C=O) groups excluding carboxylic acids is 1. The number of anilines is 1. The summed E-state index contributed by atoms with van der Waals surface area (Å²) >= 11 is 0. The number of hydrogen-bond donors (Lipinski definition) is 3. The van der Waals surface area contributed by atoms with Crippen LogP contribution in [0, 0.1) is 0 Å². The normalized spacial score (nSPS) is 12.3. The van der Waals surface area contributed by atoms with Crippen molar-refractivity contribution in [3.8, 4) is 11.5 Å². The van der Waals surface area contributed by atoms with E-state index in [-0.39, 0.29) is 11.5 Å². The van der Waals surface area contributed by atoms with Crippen molar-refractivity contribution in [3.63, 3.8) is 0 Å². The predicted octanol–water partition coefficient (Wildman–Crippen LogP) is 4.82. The molecule has 0 aromatic heterocycles. The maximum atomic E-state index is 12.2. The molecule has 0 saturated carbocycles.